The summed E-state index contributed by atoms with van der Waals surface area (Å²) in [5.41, 5.74) is 0.970. The van der Waals surface area contributed by atoms with Gasteiger partial charge in [-0.1, -0.05) is 6.07 Å². The van der Waals surface area contributed by atoms with Gasteiger partial charge in [-0.25, -0.2) is 4.79 Å². The van der Waals surface area contributed by atoms with E-state index in [-0.39, 0.29) is 11.9 Å². The Kier molecular flexibility index (Phi) is 5.53. The van der Waals surface area contributed by atoms with Crippen LogP contribution < -0.4 is 19.5 Å². The largest absolute Gasteiger partial charge is 0.497 e. The molecule has 1 saturated heterocycles. The van der Waals surface area contributed by atoms with Crippen LogP contribution in [0.3, 0.4) is 0 Å². The Labute approximate surface area is 175 Å². The van der Waals surface area contributed by atoms with Gasteiger partial charge in [0, 0.05) is 6.54 Å². The van der Waals surface area contributed by atoms with E-state index >= 15 is 0 Å². The molecular weight excluding hydrogens is 384 g/mol. The summed E-state index contributed by atoms with van der Waals surface area (Å²) in [6.07, 6.45) is 2.86. The Bertz CT molecular complexity index is 943. The molecule has 1 aliphatic heterocycles. The maximum absolute atomic E-state index is 13.3. The highest BCUT2D eigenvalue weighted by Crippen LogP contribution is 2.41. The van der Waals surface area contributed by atoms with Crippen molar-refractivity contribution in [2.24, 2.45) is 0 Å². The second kappa shape index (κ2) is 8.26. The lowest BCUT2D eigenvalue weighted by molar-refractivity contribution is -0.132. The van der Waals surface area contributed by atoms with Crippen LogP contribution in [0, 0.1) is 0 Å². The van der Waals surface area contributed by atoms with Gasteiger partial charge in [-0.3, -0.25) is 9.69 Å². The van der Waals surface area contributed by atoms with Crippen LogP contribution >= 0.6 is 0 Å². The molecule has 0 aromatic heterocycles. The van der Waals surface area contributed by atoms with Crippen molar-refractivity contribution in [3.63, 3.8) is 0 Å². The van der Waals surface area contributed by atoms with Gasteiger partial charge in [-0.15, -0.1) is 0 Å². The van der Waals surface area contributed by atoms with E-state index in [1.54, 1.807) is 14.2 Å². The maximum Gasteiger partial charge on any atom is 0.325 e. The predicted octanol–water partition coefficient (Wildman–Crippen LogP) is 3.26. The molecule has 3 amide bonds. The molecular formula is C23H26N2O5. The summed E-state index contributed by atoms with van der Waals surface area (Å²) in [7, 11) is 3.24. The fraction of sp³-hybridized carbons (Fsp3) is 0.391. The molecule has 7 heteroatoms. The first-order valence-corrected chi connectivity index (χ1v) is 10.2. The zero-order valence-electron chi connectivity index (χ0n) is 17.3. The van der Waals surface area contributed by atoms with E-state index in [9.17, 15) is 9.59 Å². The number of fused-ring (bicyclic) bond motifs is 2. The number of aryl methyl sites for hydroxylation is 1. The van der Waals surface area contributed by atoms with Crippen LogP contribution in [0.5, 0.6) is 17.2 Å². The number of nitrogens with one attached hydrogen (secondary N) is 1. The average Bonchev–Trinajstić information content (AvgIpc) is 3.01. The third kappa shape index (κ3) is 3.56. The lowest BCUT2D eigenvalue weighted by Gasteiger charge is -2.33. The molecule has 0 saturated carbocycles. The van der Waals surface area contributed by atoms with Gasteiger partial charge in [0.05, 0.1) is 20.8 Å². The molecule has 4 rings (SSSR count). The van der Waals surface area contributed by atoms with Crippen LogP contribution in [0.4, 0.5) is 4.79 Å². The van der Waals surface area contributed by atoms with Crippen molar-refractivity contribution in [3.8, 4) is 17.2 Å². The number of ether oxygens (including phenoxy) is 3. The van der Waals surface area contributed by atoms with Gasteiger partial charge in [-0.2, -0.15) is 0 Å². The number of hydrogen-bond acceptors (Lipinski definition) is 5. The zero-order chi connectivity index (χ0) is 21.1. The van der Waals surface area contributed by atoms with Crippen LogP contribution in [-0.2, 0) is 16.8 Å². The Morgan fingerprint density at radius 1 is 1.00 bits per heavy atom. The highest BCUT2D eigenvalue weighted by atomic mass is 16.5. The zero-order valence-corrected chi connectivity index (χ0v) is 17.3. The first kappa shape index (κ1) is 20.1. The fourth-order valence-electron chi connectivity index (χ4n) is 4.26. The lowest BCUT2D eigenvalue weighted by atomic mass is 9.76. The van der Waals surface area contributed by atoms with Gasteiger partial charge in [0.1, 0.15) is 22.8 Å². The summed E-state index contributed by atoms with van der Waals surface area (Å²) >= 11 is 0. The van der Waals surface area contributed by atoms with E-state index in [1.807, 2.05) is 42.5 Å². The Hall–Kier alpha value is -3.22. The van der Waals surface area contributed by atoms with Gasteiger partial charge < -0.3 is 19.5 Å². The van der Waals surface area contributed by atoms with E-state index < -0.39 is 5.54 Å². The summed E-state index contributed by atoms with van der Waals surface area (Å²) in [6.45, 7) is 0.720. The highest BCUT2D eigenvalue weighted by Gasteiger charge is 2.53. The smallest absolute Gasteiger partial charge is 0.325 e. The molecule has 30 heavy (non-hydrogen) atoms. The molecule has 1 unspecified atom stereocenters. The van der Waals surface area contributed by atoms with Gasteiger partial charge in [0.2, 0.25) is 0 Å². The average molecular weight is 410 g/mol. The van der Waals surface area contributed by atoms with Crippen molar-refractivity contribution in [2.75, 3.05) is 27.4 Å². The minimum absolute atomic E-state index is 0.178. The molecule has 0 bridgehead atoms. The number of imide groups is 1. The summed E-state index contributed by atoms with van der Waals surface area (Å²) in [4.78, 5) is 27.3. The molecule has 2 aliphatic rings. The van der Waals surface area contributed by atoms with Crippen LogP contribution in [-0.4, -0.2) is 44.2 Å². The minimum Gasteiger partial charge on any atom is -0.497 e. The van der Waals surface area contributed by atoms with E-state index in [4.69, 9.17) is 14.2 Å². The normalized spacial score (nSPS) is 20.1. The first-order valence-electron chi connectivity index (χ1n) is 10.2. The van der Waals surface area contributed by atoms with Gasteiger partial charge in [-0.05, 0) is 73.2 Å². The maximum atomic E-state index is 13.3. The Morgan fingerprint density at radius 2 is 1.70 bits per heavy atom. The van der Waals surface area contributed by atoms with E-state index in [0.29, 0.717) is 26.0 Å². The molecule has 1 heterocycles. The number of nitrogens with zero attached hydrogens (tertiary/aromatic N) is 1. The lowest BCUT2D eigenvalue weighted by Crippen LogP contribution is -2.46. The van der Waals surface area contributed by atoms with Gasteiger partial charge >= 0.3 is 6.03 Å². The number of urea groups is 1. The molecule has 1 spiro atoms. The molecule has 158 valence electrons. The molecule has 1 atom stereocenters. The van der Waals surface area contributed by atoms with Gasteiger partial charge in [0.25, 0.3) is 5.91 Å². The van der Waals surface area contributed by atoms with Crippen LogP contribution in [0.25, 0.3) is 0 Å². The second-order valence-corrected chi connectivity index (χ2v) is 7.55. The third-order valence-electron chi connectivity index (χ3n) is 5.80. The predicted molar refractivity (Wildman–Crippen MR) is 111 cm³/mol. The minimum atomic E-state index is -0.965. The standard InChI is InChI=1S/C23H26N2O5/c1-28-17-6-8-18(9-7-17)30-14-4-13-25-21(26)23(24-22(25)27)12-3-5-16-15-19(29-2)10-11-20(16)23/h6-11,15H,3-5,12-14H2,1-2H3,(H,24,27). The molecule has 2 aromatic carbocycles. The van der Waals surface area contributed by atoms with Crippen molar-refractivity contribution in [2.45, 2.75) is 31.2 Å². The quantitative estimate of drug-likeness (QED) is 0.560. The van der Waals surface area contributed by atoms with E-state index in [2.05, 4.69) is 5.32 Å². The number of amides is 3. The van der Waals surface area contributed by atoms with Crippen molar-refractivity contribution in [1.29, 1.82) is 0 Å². The molecule has 2 aromatic rings. The molecule has 0 radical (unpaired) electrons. The molecule has 1 aliphatic carbocycles. The molecule has 7 nitrogen and oxygen atoms in total. The third-order valence-corrected chi connectivity index (χ3v) is 5.80. The number of benzene rings is 2. The molecule has 1 fully saturated rings. The van der Waals surface area contributed by atoms with Crippen molar-refractivity contribution in [1.82, 2.24) is 10.2 Å². The number of rotatable bonds is 7. The monoisotopic (exact) mass is 410 g/mol. The summed E-state index contributed by atoms with van der Waals surface area (Å²) in [6, 6.07) is 12.7. The Balaban J connectivity index is 1.41. The number of carbonyl (C=O) groups is 2. The van der Waals surface area contributed by atoms with Crippen LogP contribution in [0.2, 0.25) is 0 Å². The summed E-state index contributed by atoms with van der Waals surface area (Å²) < 4.78 is 16.2. The highest BCUT2D eigenvalue weighted by molar-refractivity contribution is 6.07. The first-order chi connectivity index (χ1) is 14.6. The topological polar surface area (TPSA) is 77.1 Å². The van der Waals surface area contributed by atoms with Crippen molar-refractivity contribution < 1.29 is 23.8 Å². The van der Waals surface area contributed by atoms with Gasteiger partial charge in [0.15, 0.2) is 0 Å². The summed E-state index contributed by atoms with van der Waals surface area (Å²) in [5.74, 6) is 2.06. The molecule has 1 N–H and O–H groups in total. The number of hydrogen-bond donors (Lipinski definition) is 1. The van der Waals surface area contributed by atoms with E-state index in [1.165, 1.54) is 4.90 Å². The second-order valence-electron chi connectivity index (χ2n) is 7.55. The van der Waals surface area contributed by atoms with Crippen LogP contribution in [0.1, 0.15) is 30.4 Å². The van der Waals surface area contributed by atoms with Crippen molar-refractivity contribution >= 4 is 11.9 Å². The summed E-state index contributed by atoms with van der Waals surface area (Å²) in [5, 5.41) is 2.98. The fourth-order valence-corrected chi connectivity index (χ4v) is 4.26. The number of methoxy groups -OCH3 is 2. The SMILES string of the molecule is COc1ccc(OCCCN2C(=O)NC3(CCCc4cc(OC)ccc43)C2=O)cc1. The van der Waals surface area contributed by atoms with E-state index in [0.717, 1.165) is 41.2 Å². The Morgan fingerprint density at radius 3 is 2.43 bits per heavy atom. The number of carbonyl (C=O) groups excluding carboxylic acids is 2. The van der Waals surface area contributed by atoms with Crippen LogP contribution in [0.15, 0.2) is 42.5 Å². The van der Waals surface area contributed by atoms with Crippen molar-refractivity contribution in [3.05, 3.63) is 53.6 Å².